The van der Waals surface area contributed by atoms with Crippen LogP contribution in [-0.2, 0) is 19.5 Å². The van der Waals surface area contributed by atoms with Gasteiger partial charge in [0.05, 0.1) is 6.54 Å². The molecule has 2 N–H and O–H groups in total. The first-order valence-electron chi connectivity index (χ1n) is 10.7. The maximum atomic E-state index is 4.45. The van der Waals surface area contributed by atoms with Gasteiger partial charge in [0.2, 0.25) is 0 Å². The summed E-state index contributed by atoms with van der Waals surface area (Å²) in [5.41, 5.74) is 0. The SMILES string of the molecule is CN=C(NCc1nnc2n1CCCCC2)NC1CCC2CCCCC2C1. The minimum Gasteiger partial charge on any atom is -0.354 e. The van der Waals surface area contributed by atoms with Crippen LogP contribution < -0.4 is 10.6 Å². The van der Waals surface area contributed by atoms with E-state index < -0.39 is 0 Å². The lowest BCUT2D eigenvalue weighted by atomic mass is 9.69. The number of aliphatic imine (C=N–C) groups is 1. The summed E-state index contributed by atoms with van der Waals surface area (Å²) in [7, 11) is 1.87. The van der Waals surface area contributed by atoms with Crippen LogP contribution in [0.5, 0.6) is 0 Å². The number of guanidine groups is 1. The Morgan fingerprint density at radius 3 is 2.81 bits per heavy atom. The van der Waals surface area contributed by atoms with Crippen molar-refractivity contribution in [1.82, 2.24) is 25.4 Å². The van der Waals surface area contributed by atoms with Crippen LogP contribution in [0.2, 0.25) is 0 Å². The molecule has 0 saturated heterocycles. The zero-order valence-corrected chi connectivity index (χ0v) is 16.2. The van der Waals surface area contributed by atoms with Gasteiger partial charge in [-0.25, -0.2) is 0 Å². The molecular weight excluding hydrogens is 324 g/mol. The van der Waals surface area contributed by atoms with E-state index in [-0.39, 0.29) is 0 Å². The fourth-order valence-electron chi connectivity index (χ4n) is 5.23. The summed E-state index contributed by atoms with van der Waals surface area (Å²) in [6.07, 6.45) is 14.6. The molecule has 1 aliphatic heterocycles. The lowest BCUT2D eigenvalue weighted by Crippen LogP contribution is -2.46. The number of fused-ring (bicyclic) bond motifs is 2. The van der Waals surface area contributed by atoms with Gasteiger partial charge >= 0.3 is 0 Å². The number of hydrogen-bond acceptors (Lipinski definition) is 3. The molecule has 2 heterocycles. The lowest BCUT2D eigenvalue weighted by molar-refractivity contribution is 0.150. The second kappa shape index (κ2) is 8.40. The van der Waals surface area contributed by atoms with Crippen molar-refractivity contribution in [2.24, 2.45) is 16.8 Å². The standard InChI is InChI=1S/C20H34N6/c1-21-20(23-17-11-10-15-7-4-5-8-16(15)13-17)22-14-19-25-24-18-9-3-2-6-12-26(18)19/h15-17H,2-14H2,1H3,(H2,21,22,23). The minimum absolute atomic E-state index is 0.566. The van der Waals surface area contributed by atoms with Gasteiger partial charge in [-0.15, -0.1) is 10.2 Å². The van der Waals surface area contributed by atoms with Crippen molar-refractivity contribution in [3.8, 4) is 0 Å². The van der Waals surface area contributed by atoms with Crippen LogP contribution in [0.4, 0.5) is 0 Å². The molecule has 0 aromatic carbocycles. The van der Waals surface area contributed by atoms with Crippen LogP contribution in [0.15, 0.2) is 4.99 Å². The van der Waals surface area contributed by atoms with Gasteiger partial charge in [-0.3, -0.25) is 4.99 Å². The maximum absolute atomic E-state index is 4.45. The van der Waals surface area contributed by atoms with Gasteiger partial charge in [0.15, 0.2) is 11.8 Å². The van der Waals surface area contributed by atoms with Crippen molar-refractivity contribution in [3.63, 3.8) is 0 Å². The highest BCUT2D eigenvalue weighted by Crippen LogP contribution is 2.40. The Morgan fingerprint density at radius 1 is 1.04 bits per heavy atom. The molecule has 4 rings (SSSR count). The number of aromatic nitrogens is 3. The largest absolute Gasteiger partial charge is 0.354 e. The summed E-state index contributed by atoms with van der Waals surface area (Å²) < 4.78 is 2.31. The molecule has 6 nitrogen and oxygen atoms in total. The van der Waals surface area contributed by atoms with E-state index in [1.54, 1.807) is 0 Å². The van der Waals surface area contributed by atoms with Crippen molar-refractivity contribution in [2.75, 3.05) is 7.05 Å². The normalized spacial score (nSPS) is 29.4. The molecule has 2 saturated carbocycles. The average Bonchev–Trinajstić information content (AvgIpc) is 2.91. The van der Waals surface area contributed by atoms with Crippen molar-refractivity contribution < 1.29 is 0 Å². The van der Waals surface area contributed by atoms with Crippen molar-refractivity contribution in [1.29, 1.82) is 0 Å². The van der Waals surface area contributed by atoms with Gasteiger partial charge in [0.25, 0.3) is 0 Å². The van der Waals surface area contributed by atoms with Crippen LogP contribution in [0.25, 0.3) is 0 Å². The molecule has 3 unspecified atom stereocenters. The van der Waals surface area contributed by atoms with Crippen LogP contribution >= 0.6 is 0 Å². The topological polar surface area (TPSA) is 67.1 Å². The Labute approximate surface area is 157 Å². The highest BCUT2D eigenvalue weighted by molar-refractivity contribution is 5.79. The summed E-state index contributed by atoms with van der Waals surface area (Å²) in [6, 6.07) is 0.566. The highest BCUT2D eigenvalue weighted by atomic mass is 15.3. The molecule has 6 heteroatoms. The monoisotopic (exact) mass is 358 g/mol. The summed E-state index contributed by atoms with van der Waals surface area (Å²) in [4.78, 5) is 4.45. The summed E-state index contributed by atoms with van der Waals surface area (Å²) in [6.45, 7) is 1.75. The third-order valence-electron chi connectivity index (χ3n) is 6.70. The van der Waals surface area contributed by atoms with Gasteiger partial charge in [-0.05, 0) is 43.9 Å². The van der Waals surface area contributed by atoms with E-state index in [4.69, 9.17) is 0 Å². The average molecular weight is 359 g/mol. The number of nitrogens with one attached hydrogen (secondary N) is 2. The van der Waals surface area contributed by atoms with Gasteiger partial charge in [0.1, 0.15) is 5.82 Å². The Bertz CT molecular complexity index is 622. The maximum Gasteiger partial charge on any atom is 0.191 e. The second-order valence-corrected chi connectivity index (χ2v) is 8.38. The number of hydrogen-bond donors (Lipinski definition) is 2. The fraction of sp³-hybridized carbons (Fsp3) is 0.850. The number of rotatable bonds is 3. The molecule has 2 fully saturated rings. The van der Waals surface area contributed by atoms with Crippen molar-refractivity contribution in [3.05, 3.63) is 11.6 Å². The van der Waals surface area contributed by atoms with E-state index >= 15 is 0 Å². The van der Waals surface area contributed by atoms with Crippen LogP contribution in [0, 0.1) is 11.8 Å². The van der Waals surface area contributed by atoms with E-state index in [1.165, 1.54) is 64.2 Å². The highest BCUT2D eigenvalue weighted by Gasteiger charge is 2.32. The third kappa shape index (κ3) is 4.04. The van der Waals surface area contributed by atoms with Crippen molar-refractivity contribution >= 4 is 5.96 Å². The van der Waals surface area contributed by atoms with Gasteiger partial charge < -0.3 is 15.2 Å². The Kier molecular flexibility index (Phi) is 5.75. The number of nitrogens with zero attached hydrogens (tertiary/aromatic N) is 4. The Balaban J connectivity index is 1.31. The molecular formula is C20H34N6. The minimum atomic E-state index is 0.566. The first kappa shape index (κ1) is 17.8. The van der Waals surface area contributed by atoms with E-state index in [0.29, 0.717) is 12.6 Å². The molecule has 0 radical (unpaired) electrons. The van der Waals surface area contributed by atoms with Gasteiger partial charge in [-0.1, -0.05) is 32.1 Å². The molecule has 1 aromatic rings. The molecule has 3 atom stereocenters. The predicted molar refractivity (Wildman–Crippen MR) is 104 cm³/mol. The van der Waals surface area contributed by atoms with Gasteiger partial charge in [-0.2, -0.15) is 0 Å². The third-order valence-corrected chi connectivity index (χ3v) is 6.70. The molecule has 0 spiro atoms. The van der Waals surface area contributed by atoms with Crippen LogP contribution in [0.3, 0.4) is 0 Å². The molecule has 1 aromatic heterocycles. The van der Waals surface area contributed by atoms with E-state index in [2.05, 4.69) is 30.4 Å². The smallest absolute Gasteiger partial charge is 0.191 e. The molecule has 2 aliphatic carbocycles. The Morgan fingerprint density at radius 2 is 1.92 bits per heavy atom. The fourth-order valence-corrected chi connectivity index (χ4v) is 5.23. The van der Waals surface area contributed by atoms with Gasteiger partial charge in [0, 0.05) is 26.1 Å². The number of aryl methyl sites for hydroxylation is 1. The first-order valence-corrected chi connectivity index (χ1v) is 10.7. The lowest BCUT2D eigenvalue weighted by Gasteiger charge is -2.39. The quantitative estimate of drug-likeness (QED) is 0.644. The zero-order valence-electron chi connectivity index (χ0n) is 16.2. The molecule has 26 heavy (non-hydrogen) atoms. The van der Waals surface area contributed by atoms with E-state index in [9.17, 15) is 0 Å². The molecule has 3 aliphatic rings. The molecule has 144 valence electrons. The predicted octanol–water partition coefficient (Wildman–Crippen LogP) is 3.03. The summed E-state index contributed by atoms with van der Waals surface area (Å²) in [5.74, 6) is 5.03. The Hall–Kier alpha value is -1.59. The second-order valence-electron chi connectivity index (χ2n) is 8.38. The van der Waals surface area contributed by atoms with Crippen LogP contribution in [-0.4, -0.2) is 33.8 Å². The summed E-state index contributed by atoms with van der Waals surface area (Å²) in [5, 5.41) is 16.0. The van der Waals surface area contributed by atoms with Crippen molar-refractivity contribution in [2.45, 2.75) is 89.8 Å². The molecule has 0 bridgehead atoms. The summed E-state index contributed by atoms with van der Waals surface area (Å²) >= 11 is 0. The zero-order chi connectivity index (χ0) is 17.8. The van der Waals surface area contributed by atoms with E-state index in [1.807, 2.05) is 7.05 Å². The van der Waals surface area contributed by atoms with E-state index in [0.717, 1.165) is 42.4 Å². The van der Waals surface area contributed by atoms with Crippen LogP contribution in [0.1, 0.15) is 75.9 Å². The molecule has 0 amide bonds. The first-order chi connectivity index (χ1) is 12.8.